The van der Waals surface area contributed by atoms with Crippen molar-refractivity contribution in [3.63, 3.8) is 0 Å². The number of aromatic nitrogens is 1. The maximum atomic E-state index is 13.6. The molecule has 8 N–H and O–H groups in total. The van der Waals surface area contributed by atoms with Gasteiger partial charge in [0.05, 0.1) is 29.3 Å². The number of thioether (sulfide) groups is 1. The summed E-state index contributed by atoms with van der Waals surface area (Å²) in [6, 6.07) is 1.73. The van der Waals surface area contributed by atoms with E-state index in [9.17, 15) is 51.8 Å². The van der Waals surface area contributed by atoms with Crippen LogP contribution in [0, 0.1) is 0 Å². The minimum Gasteiger partial charge on any atom is -0.480 e. The topological polar surface area (TPSA) is 262 Å². The molecule has 1 aromatic carbocycles. The number of nitrogens with one attached hydrogen (secondary N) is 7. The number of hydrogen-bond acceptors (Lipinski definition) is 14. The van der Waals surface area contributed by atoms with Gasteiger partial charge >= 0.3 is 24.1 Å². The maximum absolute atomic E-state index is 13.6. The third-order valence-corrected chi connectivity index (χ3v) is 11.1. The number of hydrogen-bond donors (Lipinski definition) is 8. The van der Waals surface area contributed by atoms with Crippen LogP contribution in [0.3, 0.4) is 0 Å². The molecule has 0 saturated carbocycles. The van der Waals surface area contributed by atoms with Crippen LogP contribution in [0.15, 0.2) is 23.2 Å². The smallest absolute Gasteiger partial charge is 0.471 e. The summed E-state index contributed by atoms with van der Waals surface area (Å²) in [4.78, 5) is 97.5. The first-order valence-electron chi connectivity index (χ1n) is 20.2. The van der Waals surface area contributed by atoms with E-state index in [1.165, 1.54) is 23.1 Å². The Morgan fingerprint density at radius 3 is 2.24 bits per heavy atom. The molecule has 0 fully saturated rings. The number of thiazole rings is 1. The summed E-state index contributed by atoms with van der Waals surface area (Å²) in [7, 11) is 3.84. The Kier molecular flexibility index (Phi) is 20.5. The number of nitrogens with zero attached hydrogens (tertiary/aromatic N) is 3. The summed E-state index contributed by atoms with van der Waals surface area (Å²) in [6.07, 6.45) is -3.59. The van der Waals surface area contributed by atoms with Crippen LogP contribution >= 0.6 is 23.1 Å². The fourth-order valence-corrected chi connectivity index (χ4v) is 7.87. The number of carbonyl (C=O) groups excluding carboxylic acids is 6. The van der Waals surface area contributed by atoms with Gasteiger partial charge in [0.25, 0.3) is 0 Å². The van der Waals surface area contributed by atoms with Crippen LogP contribution < -0.4 is 37.2 Å². The van der Waals surface area contributed by atoms with Crippen LogP contribution in [0.5, 0.6) is 0 Å². The Labute approximate surface area is 371 Å². The summed E-state index contributed by atoms with van der Waals surface area (Å²) in [5, 5.41) is 28.2. The lowest BCUT2D eigenvalue weighted by molar-refractivity contribution is -0.173. The fourth-order valence-electron chi connectivity index (χ4n) is 5.77. The molecule has 4 unspecified atom stereocenters. The SMILES string of the molecule is CC(CNC(CCCCNC(=O)C(F)(F)F)C(=O)Nc1ccc2nc(C3=NC(C(=O)O)CS3)sc2c1)NC(=O)CNC(=O)CNC(=O)C(CCCCN(C)C)NC(=O)OC(C)(C)C. The Morgan fingerprint density at radius 1 is 0.905 bits per heavy atom. The van der Waals surface area contributed by atoms with Gasteiger partial charge in [-0.1, -0.05) is 0 Å². The molecule has 24 heteroatoms. The summed E-state index contributed by atoms with van der Waals surface area (Å²) >= 11 is 2.57. The maximum Gasteiger partial charge on any atom is 0.471 e. The standard InChI is InChI=1S/C39H57F3N10O9S2/c1-22(47-30(54)20-45-29(53)19-46-31(55)26(12-8-10-16-52(5)6)51-37(60)61-38(2,3)4)18-44-25(11-7-9-15-43-36(59)39(40,41)42)32(56)48-23-13-14-24-28(17-23)63-34(49-24)33-50-27(21-62-33)35(57)58/h13-14,17,22,25-27,44H,7-12,15-16,18-21H2,1-6H3,(H,43,59)(H,45,53)(H,46,55)(H,47,54)(H,48,56)(H,51,60)(H,57,58). The summed E-state index contributed by atoms with van der Waals surface area (Å²) in [5.74, 6) is -5.12. The van der Waals surface area contributed by atoms with Gasteiger partial charge in [0, 0.05) is 30.6 Å². The molecule has 0 bridgehead atoms. The zero-order chi connectivity index (χ0) is 46.9. The first-order valence-corrected chi connectivity index (χ1v) is 22.0. The lowest BCUT2D eigenvalue weighted by Crippen LogP contribution is -2.51. The number of fused-ring (bicyclic) bond motifs is 1. The molecule has 19 nitrogen and oxygen atoms in total. The van der Waals surface area contributed by atoms with Crippen LogP contribution in [-0.2, 0) is 33.5 Å². The van der Waals surface area contributed by atoms with E-state index in [2.05, 4.69) is 41.9 Å². The number of rotatable bonds is 24. The second-order valence-corrected chi connectivity index (χ2v) is 18.0. The van der Waals surface area contributed by atoms with Crippen molar-refractivity contribution in [2.75, 3.05) is 57.9 Å². The van der Waals surface area contributed by atoms with Crippen molar-refractivity contribution < 1.29 is 56.6 Å². The number of anilines is 1. The van der Waals surface area contributed by atoms with Crippen molar-refractivity contribution in [2.24, 2.45) is 4.99 Å². The predicted octanol–water partition coefficient (Wildman–Crippen LogP) is 2.35. The second kappa shape index (κ2) is 24.7. The number of amides is 6. The number of alkyl carbamates (subject to hydrolysis) is 1. The molecule has 1 aliphatic heterocycles. The average molecular weight is 931 g/mol. The third kappa shape index (κ3) is 19.5. The number of halogens is 3. The number of unbranched alkanes of at least 4 members (excludes halogenated alkanes) is 2. The van der Waals surface area contributed by atoms with Gasteiger partial charge in [-0.15, -0.1) is 23.1 Å². The average Bonchev–Trinajstić information content (AvgIpc) is 3.85. The Morgan fingerprint density at radius 2 is 1.59 bits per heavy atom. The molecule has 4 atom stereocenters. The number of ether oxygens (including phenoxy) is 1. The monoisotopic (exact) mass is 930 g/mol. The van der Waals surface area contributed by atoms with Crippen molar-refractivity contribution in [1.82, 2.24) is 41.8 Å². The molecule has 2 heterocycles. The Hall–Kier alpha value is -5.07. The van der Waals surface area contributed by atoms with Crippen molar-refractivity contribution in [3.8, 4) is 0 Å². The zero-order valence-electron chi connectivity index (χ0n) is 36.0. The van der Waals surface area contributed by atoms with E-state index in [1.54, 1.807) is 51.2 Å². The Balaban J connectivity index is 1.54. The summed E-state index contributed by atoms with van der Waals surface area (Å²) in [6.45, 7) is 6.37. The van der Waals surface area contributed by atoms with Gasteiger partial charge in [0.15, 0.2) is 6.04 Å². The molecule has 0 aliphatic carbocycles. The first kappa shape index (κ1) is 52.3. The lowest BCUT2D eigenvalue weighted by Gasteiger charge is -2.23. The fraction of sp³-hybridized carbons (Fsp3) is 0.615. The van der Waals surface area contributed by atoms with Crippen molar-refractivity contribution in [1.29, 1.82) is 0 Å². The normalized spacial score (nSPS) is 15.5. The van der Waals surface area contributed by atoms with Gasteiger partial charge in [-0.2, -0.15) is 13.2 Å². The van der Waals surface area contributed by atoms with Crippen LogP contribution in [0.1, 0.15) is 71.2 Å². The highest BCUT2D eigenvalue weighted by molar-refractivity contribution is 8.15. The van der Waals surface area contributed by atoms with Crippen molar-refractivity contribution in [2.45, 2.75) is 102 Å². The minimum absolute atomic E-state index is 0.0631. The molecular formula is C39H57F3N10O9S2. The zero-order valence-corrected chi connectivity index (χ0v) is 37.7. The number of aliphatic imine (C=N–C) groups is 1. The predicted molar refractivity (Wildman–Crippen MR) is 233 cm³/mol. The van der Waals surface area contributed by atoms with Gasteiger partial charge in [-0.05, 0) is 105 Å². The second-order valence-electron chi connectivity index (χ2n) is 16.0. The Bertz CT molecular complexity index is 1960. The van der Waals surface area contributed by atoms with Gasteiger partial charge in [-0.25, -0.2) is 14.6 Å². The molecular weight excluding hydrogens is 874 g/mol. The van der Waals surface area contributed by atoms with Gasteiger partial charge in [0.2, 0.25) is 23.6 Å². The molecule has 6 amide bonds. The van der Waals surface area contributed by atoms with E-state index in [4.69, 9.17) is 4.74 Å². The third-order valence-electron chi connectivity index (χ3n) is 8.86. The van der Waals surface area contributed by atoms with E-state index in [0.717, 1.165) is 13.0 Å². The molecule has 1 aromatic heterocycles. The molecule has 350 valence electrons. The quantitative estimate of drug-likeness (QED) is 0.0705. The molecule has 0 radical (unpaired) electrons. The molecule has 0 spiro atoms. The van der Waals surface area contributed by atoms with E-state index in [0.29, 0.717) is 44.5 Å². The molecule has 3 rings (SSSR count). The van der Waals surface area contributed by atoms with Crippen LogP contribution in [-0.4, -0.2) is 150 Å². The summed E-state index contributed by atoms with van der Waals surface area (Å²) in [5.41, 5.74) is 0.236. The number of aliphatic carboxylic acids is 1. The summed E-state index contributed by atoms with van der Waals surface area (Å²) < 4.78 is 43.8. The van der Waals surface area contributed by atoms with E-state index < -0.39 is 90.6 Å². The van der Waals surface area contributed by atoms with Gasteiger partial charge in [0.1, 0.15) is 21.7 Å². The van der Waals surface area contributed by atoms with Crippen LogP contribution in [0.25, 0.3) is 10.2 Å². The van der Waals surface area contributed by atoms with E-state index in [1.807, 2.05) is 19.0 Å². The molecule has 63 heavy (non-hydrogen) atoms. The number of carboxylic acids is 1. The minimum atomic E-state index is -5.02. The highest BCUT2D eigenvalue weighted by Gasteiger charge is 2.38. The largest absolute Gasteiger partial charge is 0.480 e. The van der Waals surface area contributed by atoms with Crippen molar-refractivity contribution >= 4 is 85.6 Å². The van der Waals surface area contributed by atoms with Crippen LogP contribution in [0.2, 0.25) is 0 Å². The van der Waals surface area contributed by atoms with Crippen molar-refractivity contribution in [3.05, 3.63) is 23.2 Å². The van der Waals surface area contributed by atoms with E-state index in [-0.39, 0.29) is 32.4 Å². The van der Waals surface area contributed by atoms with Gasteiger partial charge < -0.3 is 52.0 Å². The molecule has 2 aromatic rings. The highest BCUT2D eigenvalue weighted by atomic mass is 32.2. The first-order chi connectivity index (χ1) is 29.5. The van der Waals surface area contributed by atoms with E-state index >= 15 is 0 Å². The molecule has 0 saturated heterocycles. The number of carbonyl (C=O) groups is 7. The number of carboxylic acid groups (broad SMARTS) is 1. The molecule has 1 aliphatic rings. The van der Waals surface area contributed by atoms with Gasteiger partial charge in [-0.3, -0.25) is 29.0 Å². The van der Waals surface area contributed by atoms with Crippen LogP contribution in [0.4, 0.5) is 23.7 Å². The highest BCUT2D eigenvalue weighted by Crippen LogP contribution is 2.31. The lowest BCUT2D eigenvalue weighted by atomic mass is 10.1. The number of benzene rings is 1. The number of alkyl halides is 3.